The Balaban J connectivity index is 1.20. The van der Waals surface area contributed by atoms with E-state index in [1.807, 2.05) is 35.2 Å². The molecular formula is C28H23F2NO2. The normalized spacial score (nSPS) is 20.9. The van der Waals surface area contributed by atoms with Crippen LogP contribution in [-0.4, -0.2) is 29.7 Å². The Labute approximate surface area is 191 Å². The van der Waals surface area contributed by atoms with Gasteiger partial charge < -0.3 is 4.74 Å². The van der Waals surface area contributed by atoms with E-state index in [0.717, 1.165) is 24.5 Å². The van der Waals surface area contributed by atoms with Crippen LogP contribution in [0.25, 0.3) is 16.7 Å². The maximum absolute atomic E-state index is 13.7. The second-order valence-corrected chi connectivity index (χ2v) is 9.03. The van der Waals surface area contributed by atoms with E-state index in [9.17, 15) is 13.6 Å². The van der Waals surface area contributed by atoms with Crippen LogP contribution in [0.15, 0.2) is 72.8 Å². The highest BCUT2D eigenvalue weighted by Crippen LogP contribution is 2.45. The molecule has 2 bridgehead atoms. The second kappa shape index (κ2) is 7.84. The number of benzene rings is 3. The lowest BCUT2D eigenvalue weighted by molar-refractivity contribution is 0.0866. The standard InChI is InChI=1S/C28H23F2NO2/c29-26-12-9-17(15-27(26)30)18-13-19-10-11-20(14-18)31(19)28(32)33-16-25-23-7-3-1-5-21(23)22-6-2-4-8-24(22)25/h1-9,12-13,15,19-20,25H,10-11,14,16H2. The van der Waals surface area contributed by atoms with E-state index in [-0.39, 0.29) is 24.1 Å². The Hall–Kier alpha value is -3.47. The Bertz CT molecular complexity index is 1240. The highest BCUT2D eigenvalue weighted by atomic mass is 19.2. The summed E-state index contributed by atoms with van der Waals surface area (Å²) in [6.07, 6.45) is 4.05. The van der Waals surface area contributed by atoms with Crippen molar-refractivity contribution in [1.29, 1.82) is 0 Å². The molecule has 1 saturated heterocycles. The smallest absolute Gasteiger partial charge is 0.410 e. The molecule has 6 rings (SSSR count). The molecule has 3 aliphatic rings. The summed E-state index contributed by atoms with van der Waals surface area (Å²) >= 11 is 0. The second-order valence-electron chi connectivity index (χ2n) is 9.03. The monoisotopic (exact) mass is 443 g/mol. The van der Waals surface area contributed by atoms with Crippen molar-refractivity contribution in [1.82, 2.24) is 4.90 Å². The molecule has 0 spiro atoms. The van der Waals surface area contributed by atoms with Crippen molar-refractivity contribution in [3.63, 3.8) is 0 Å². The fraction of sp³-hybridized carbons (Fsp3) is 0.250. The quantitative estimate of drug-likeness (QED) is 0.460. The van der Waals surface area contributed by atoms with Gasteiger partial charge in [0.2, 0.25) is 0 Å². The third-order valence-corrected chi connectivity index (χ3v) is 7.23. The maximum Gasteiger partial charge on any atom is 0.410 e. The average Bonchev–Trinajstić information content (AvgIpc) is 3.30. The Morgan fingerprint density at radius 1 is 0.909 bits per heavy atom. The highest BCUT2D eigenvalue weighted by molar-refractivity contribution is 5.79. The third kappa shape index (κ3) is 3.34. The molecule has 166 valence electrons. The van der Waals surface area contributed by atoms with Gasteiger partial charge in [-0.05, 0) is 64.8 Å². The number of ether oxygens (including phenoxy) is 1. The van der Waals surface area contributed by atoms with Gasteiger partial charge in [-0.15, -0.1) is 0 Å². The molecule has 2 heterocycles. The maximum atomic E-state index is 13.7. The summed E-state index contributed by atoms with van der Waals surface area (Å²) in [5.41, 5.74) is 6.42. The van der Waals surface area contributed by atoms with Gasteiger partial charge in [0.1, 0.15) is 6.61 Å². The van der Waals surface area contributed by atoms with Crippen LogP contribution in [0, 0.1) is 11.6 Å². The van der Waals surface area contributed by atoms with E-state index in [1.54, 1.807) is 6.07 Å². The molecule has 0 aromatic heterocycles. The van der Waals surface area contributed by atoms with Gasteiger partial charge in [-0.25, -0.2) is 13.6 Å². The summed E-state index contributed by atoms with van der Waals surface area (Å²) in [5, 5.41) is 0. The molecule has 3 aromatic carbocycles. The van der Waals surface area contributed by atoms with Crippen molar-refractivity contribution in [2.75, 3.05) is 6.61 Å². The summed E-state index contributed by atoms with van der Waals surface area (Å²) in [4.78, 5) is 15.0. The van der Waals surface area contributed by atoms with Gasteiger partial charge in [0.25, 0.3) is 0 Å². The number of nitrogens with zero attached hydrogens (tertiary/aromatic N) is 1. The summed E-state index contributed by atoms with van der Waals surface area (Å²) in [6.45, 7) is 0.294. The molecule has 2 unspecified atom stereocenters. The molecule has 5 heteroatoms. The van der Waals surface area contributed by atoms with E-state index in [4.69, 9.17) is 4.74 Å². The first-order valence-corrected chi connectivity index (χ1v) is 11.4. The minimum atomic E-state index is -0.849. The topological polar surface area (TPSA) is 29.5 Å². The van der Waals surface area contributed by atoms with Crippen LogP contribution in [0.2, 0.25) is 0 Å². The van der Waals surface area contributed by atoms with Crippen LogP contribution in [0.1, 0.15) is 41.9 Å². The Morgan fingerprint density at radius 2 is 1.61 bits per heavy atom. The van der Waals surface area contributed by atoms with E-state index in [0.29, 0.717) is 18.6 Å². The number of halogens is 2. The molecular weight excluding hydrogens is 420 g/mol. The van der Waals surface area contributed by atoms with Gasteiger partial charge in [-0.1, -0.05) is 60.7 Å². The molecule has 3 nitrogen and oxygen atoms in total. The zero-order valence-corrected chi connectivity index (χ0v) is 18.0. The zero-order valence-electron chi connectivity index (χ0n) is 18.0. The van der Waals surface area contributed by atoms with E-state index < -0.39 is 11.6 Å². The summed E-state index contributed by atoms with van der Waals surface area (Å²) in [6, 6.07) is 20.5. The van der Waals surface area contributed by atoms with Crippen LogP contribution >= 0.6 is 0 Å². The van der Waals surface area contributed by atoms with Crippen LogP contribution in [0.3, 0.4) is 0 Å². The molecule has 1 aliphatic carbocycles. The molecule has 33 heavy (non-hydrogen) atoms. The van der Waals surface area contributed by atoms with Gasteiger partial charge in [-0.2, -0.15) is 0 Å². The molecule has 0 radical (unpaired) electrons. The first kappa shape index (κ1) is 20.2. The number of hydrogen-bond acceptors (Lipinski definition) is 2. The fourth-order valence-electron chi connectivity index (χ4n) is 5.69. The number of carbonyl (C=O) groups excluding carboxylic acids is 1. The van der Waals surface area contributed by atoms with Crippen molar-refractivity contribution in [3.8, 4) is 11.1 Å². The van der Waals surface area contributed by atoms with Crippen molar-refractivity contribution < 1.29 is 18.3 Å². The molecule has 1 amide bonds. The van der Waals surface area contributed by atoms with Gasteiger partial charge in [-0.3, -0.25) is 4.90 Å². The van der Waals surface area contributed by atoms with Crippen molar-refractivity contribution in [3.05, 3.63) is 101 Å². The SMILES string of the molecule is O=C(OCC1c2ccccc2-c2ccccc21)N1C2C=C(c3ccc(F)c(F)c3)CC1CC2. The molecule has 3 aromatic rings. The first-order chi connectivity index (χ1) is 16.1. The molecule has 0 N–H and O–H groups in total. The molecule has 0 saturated carbocycles. The van der Waals surface area contributed by atoms with E-state index in [1.165, 1.54) is 28.3 Å². The van der Waals surface area contributed by atoms with Crippen molar-refractivity contribution >= 4 is 11.7 Å². The minimum Gasteiger partial charge on any atom is -0.448 e. The van der Waals surface area contributed by atoms with Crippen LogP contribution in [0.4, 0.5) is 13.6 Å². The van der Waals surface area contributed by atoms with Crippen LogP contribution in [-0.2, 0) is 4.74 Å². The summed E-state index contributed by atoms with van der Waals surface area (Å²) in [7, 11) is 0. The number of carbonyl (C=O) groups is 1. The zero-order chi connectivity index (χ0) is 22.5. The largest absolute Gasteiger partial charge is 0.448 e. The third-order valence-electron chi connectivity index (χ3n) is 7.23. The number of rotatable bonds is 3. The lowest BCUT2D eigenvalue weighted by Gasteiger charge is -2.33. The Kier molecular flexibility index (Phi) is 4.79. The average molecular weight is 443 g/mol. The molecule has 2 aliphatic heterocycles. The highest BCUT2D eigenvalue weighted by Gasteiger charge is 2.41. The summed E-state index contributed by atoms with van der Waals surface area (Å²) < 4.78 is 32.9. The number of hydrogen-bond donors (Lipinski definition) is 0. The minimum absolute atomic E-state index is 0.0127. The lowest BCUT2D eigenvalue weighted by atomic mass is 9.95. The van der Waals surface area contributed by atoms with Crippen LogP contribution in [0.5, 0.6) is 0 Å². The lowest BCUT2D eigenvalue weighted by Crippen LogP contribution is -2.43. The summed E-state index contributed by atoms with van der Waals surface area (Å²) in [5.74, 6) is -1.67. The van der Waals surface area contributed by atoms with Crippen LogP contribution < -0.4 is 0 Å². The van der Waals surface area contributed by atoms with E-state index >= 15 is 0 Å². The number of amides is 1. The number of fused-ring (bicyclic) bond motifs is 5. The van der Waals surface area contributed by atoms with Gasteiger partial charge in [0.15, 0.2) is 11.6 Å². The van der Waals surface area contributed by atoms with Gasteiger partial charge in [0, 0.05) is 12.0 Å². The van der Waals surface area contributed by atoms with Gasteiger partial charge >= 0.3 is 6.09 Å². The predicted molar refractivity (Wildman–Crippen MR) is 123 cm³/mol. The van der Waals surface area contributed by atoms with Crippen molar-refractivity contribution in [2.24, 2.45) is 0 Å². The van der Waals surface area contributed by atoms with Crippen molar-refractivity contribution in [2.45, 2.75) is 37.3 Å². The molecule has 2 atom stereocenters. The van der Waals surface area contributed by atoms with Gasteiger partial charge in [0.05, 0.1) is 6.04 Å². The molecule has 1 fully saturated rings. The first-order valence-electron chi connectivity index (χ1n) is 11.4. The Morgan fingerprint density at radius 3 is 2.27 bits per heavy atom. The fourth-order valence-corrected chi connectivity index (χ4v) is 5.69. The van der Waals surface area contributed by atoms with E-state index in [2.05, 4.69) is 24.3 Å². The predicted octanol–water partition coefficient (Wildman–Crippen LogP) is 6.53.